The van der Waals surface area contributed by atoms with Crippen LogP contribution >= 0.6 is 0 Å². The van der Waals surface area contributed by atoms with Crippen LogP contribution in [-0.2, 0) is 0 Å². The fraction of sp³-hybridized carbons (Fsp3) is 0. The Kier molecular flexibility index (Phi) is 3.54. The molecule has 6 heteroatoms. The first-order valence-electron chi connectivity index (χ1n) is 7.08. The molecule has 0 fully saturated rings. The number of rotatable bonds is 3. The quantitative estimate of drug-likeness (QED) is 0.522. The summed E-state index contributed by atoms with van der Waals surface area (Å²) in [5.74, 6) is 0.710. The summed E-state index contributed by atoms with van der Waals surface area (Å²) < 4.78 is 2.59. The molecule has 0 N–H and O–H groups in total. The maximum absolute atomic E-state index is 12.8. The number of aromatic nitrogens is 3. The van der Waals surface area contributed by atoms with E-state index in [0.717, 1.165) is 10.1 Å². The van der Waals surface area contributed by atoms with E-state index in [1.807, 2.05) is 59.6 Å². The Morgan fingerprint density at radius 2 is 1.65 bits per heavy atom. The molecular weight excluding hydrogens is 355 g/mol. The zero-order valence-corrected chi connectivity index (χ0v) is 13.7. The van der Waals surface area contributed by atoms with Crippen molar-refractivity contribution in [3.63, 3.8) is 0 Å². The molecule has 0 aliphatic carbocycles. The third-order valence-electron chi connectivity index (χ3n) is 3.40. The van der Waals surface area contributed by atoms with Gasteiger partial charge in [0, 0.05) is 0 Å². The molecule has 0 amide bonds. The van der Waals surface area contributed by atoms with E-state index in [1.165, 1.54) is 0 Å². The Bertz CT molecular complexity index is 956. The van der Waals surface area contributed by atoms with Crippen LogP contribution in [0.3, 0.4) is 0 Å². The summed E-state index contributed by atoms with van der Waals surface area (Å²) >= 11 is -0.221. The minimum atomic E-state index is -0.221. The van der Waals surface area contributed by atoms with Crippen LogP contribution in [0.1, 0.15) is 0 Å². The molecule has 0 spiro atoms. The topological polar surface area (TPSA) is 51.0 Å². The molecule has 0 atom stereocenters. The van der Waals surface area contributed by atoms with Gasteiger partial charge in [-0.3, -0.25) is 0 Å². The molecule has 4 rings (SSSR count). The summed E-state index contributed by atoms with van der Waals surface area (Å²) in [6.45, 7) is 0. The third kappa shape index (κ3) is 2.48. The van der Waals surface area contributed by atoms with Gasteiger partial charge in [0.15, 0.2) is 0 Å². The van der Waals surface area contributed by atoms with E-state index >= 15 is 0 Å². The molecule has 0 bridgehead atoms. The predicted molar refractivity (Wildman–Crippen MR) is 91.2 cm³/mol. The number of anilines is 2. The molecule has 1 aromatic carbocycles. The first kappa shape index (κ1) is 13.9. The molecule has 4 aromatic rings. The van der Waals surface area contributed by atoms with Gasteiger partial charge < -0.3 is 0 Å². The molecule has 0 radical (unpaired) electrons. The molecule has 5 nitrogen and oxygen atoms in total. The van der Waals surface area contributed by atoms with E-state index in [1.54, 1.807) is 22.1 Å². The fourth-order valence-corrected chi connectivity index (χ4v) is 4.39. The zero-order chi connectivity index (χ0) is 15.6. The van der Waals surface area contributed by atoms with Gasteiger partial charge in [0.05, 0.1) is 0 Å². The molecule has 23 heavy (non-hydrogen) atoms. The Hall–Kier alpha value is -2.69. The average molecular weight is 367 g/mol. The second-order valence-corrected chi connectivity index (χ2v) is 6.78. The number of para-hydroxylation sites is 1. The van der Waals surface area contributed by atoms with E-state index in [-0.39, 0.29) is 20.3 Å². The van der Waals surface area contributed by atoms with E-state index < -0.39 is 0 Å². The molecule has 0 saturated carbocycles. The number of nitrogens with zero attached hydrogens (tertiary/aromatic N) is 4. The van der Waals surface area contributed by atoms with Crippen molar-refractivity contribution in [2.45, 2.75) is 0 Å². The van der Waals surface area contributed by atoms with Gasteiger partial charge >= 0.3 is 138 Å². The summed E-state index contributed by atoms with van der Waals surface area (Å²) in [6, 6.07) is 19.1. The zero-order valence-electron chi connectivity index (χ0n) is 12.0. The van der Waals surface area contributed by atoms with Gasteiger partial charge in [-0.1, -0.05) is 0 Å². The Morgan fingerprint density at radius 3 is 2.39 bits per heavy atom. The fourth-order valence-electron chi connectivity index (χ4n) is 2.36. The Balaban J connectivity index is 1.98. The number of hydrogen-bond donors (Lipinski definition) is 0. The molecule has 0 aliphatic heterocycles. The molecule has 3 heterocycles. The van der Waals surface area contributed by atoms with Gasteiger partial charge in [0.1, 0.15) is 0 Å². The second-order valence-electron chi connectivity index (χ2n) is 4.86. The van der Waals surface area contributed by atoms with Crippen molar-refractivity contribution in [3.05, 3.63) is 83.4 Å². The third-order valence-corrected chi connectivity index (χ3v) is 5.50. The van der Waals surface area contributed by atoms with Gasteiger partial charge in [0.25, 0.3) is 0 Å². The molecule has 3 aromatic heterocycles. The van der Waals surface area contributed by atoms with E-state index in [0.29, 0.717) is 11.2 Å². The van der Waals surface area contributed by atoms with Gasteiger partial charge in [-0.05, 0) is 0 Å². The van der Waals surface area contributed by atoms with Crippen LogP contribution < -0.4 is 10.6 Å². The predicted octanol–water partition coefficient (Wildman–Crippen LogP) is 2.45. The molecular formula is C17H12N4OSe. The van der Waals surface area contributed by atoms with Crippen LogP contribution in [0.25, 0.3) is 9.78 Å². The van der Waals surface area contributed by atoms with Crippen LogP contribution in [0, 0.1) is 0 Å². The monoisotopic (exact) mass is 368 g/mol. The van der Waals surface area contributed by atoms with Crippen LogP contribution in [0.2, 0.25) is 0 Å². The Morgan fingerprint density at radius 1 is 0.870 bits per heavy atom. The van der Waals surface area contributed by atoms with E-state index in [4.69, 9.17) is 0 Å². The molecule has 0 saturated heterocycles. The van der Waals surface area contributed by atoms with Crippen LogP contribution in [0.15, 0.2) is 77.9 Å². The van der Waals surface area contributed by atoms with Crippen molar-refractivity contribution in [3.8, 4) is 0 Å². The van der Waals surface area contributed by atoms with Crippen LogP contribution in [0.5, 0.6) is 0 Å². The number of fused-ring (bicyclic) bond motifs is 1. The van der Waals surface area contributed by atoms with Crippen molar-refractivity contribution in [2.75, 3.05) is 5.01 Å². The maximum atomic E-state index is 12.8. The summed E-state index contributed by atoms with van der Waals surface area (Å²) in [4.78, 5) is 21.6. The minimum absolute atomic E-state index is 0.0393. The summed E-state index contributed by atoms with van der Waals surface area (Å²) in [5, 5.41) is 2.54. The van der Waals surface area contributed by atoms with Gasteiger partial charge in [-0.25, -0.2) is 0 Å². The Labute approximate surface area is 138 Å². The summed E-state index contributed by atoms with van der Waals surface area (Å²) in [7, 11) is 0. The van der Waals surface area contributed by atoms with Gasteiger partial charge in [-0.2, -0.15) is 0 Å². The normalized spacial score (nSPS) is 10.8. The second kappa shape index (κ2) is 5.83. The van der Waals surface area contributed by atoms with Crippen molar-refractivity contribution >= 4 is 36.0 Å². The van der Waals surface area contributed by atoms with Gasteiger partial charge in [0.2, 0.25) is 0 Å². The summed E-state index contributed by atoms with van der Waals surface area (Å²) in [6.07, 6.45) is 3.45. The van der Waals surface area contributed by atoms with Gasteiger partial charge in [-0.15, -0.1) is 0 Å². The standard InChI is InChI=1S/C17H12N4OSe/c22-17-14-9-6-12-19-16(14)23-21(17)20(13-7-2-1-3-8-13)15-10-4-5-11-18-15/h1-12H. The van der Waals surface area contributed by atoms with E-state index in [9.17, 15) is 4.79 Å². The van der Waals surface area contributed by atoms with Crippen molar-refractivity contribution in [1.29, 1.82) is 0 Å². The first-order chi connectivity index (χ1) is 11.3. The average Bonchev–Trinajstić information content (AvgIpc) is 2.94. The number of benzene rings is 1. The van der Waals surface area contributed by atoms with Crippen LogP contribution in [-0.4, -0.2) is 28.4 Å². The number of pyridine rings is 2. The number of hydrogen-bond acceptors (Lipinski definition) is 4. The van der Waals surface area contributed by atoms with E-state index in [2.05, 4.69) is 9.97 Å². The van der Waals surface area contributed by atoms with Crippen molar-refractivity contribution in [2.24, 2.45) is 0 Å². The molecule has 0 aliphatic rings. The van der Waals surface area contributed by atoms with Crippen LogP contribution in [0.4, 0.5) is 11.5 Å². The SMILES string of the molecule is O=c1c2cccnc2[se]n1N(c1ccccc1)c1ccccn1. The summed E-state index contributed by atoms with van der Waals surface area (Å²) in [5.41, 5.74) is 0.858. The molecule has 0 unspecified atom stereocenters. The van der Waals surface area contributed by atoms with Crippen molar-refractivity contribution < 1.29 is 0 Å². The molecule has 112 valence electrons. The first-order valence-corrected chi connectivity index (χ1v) is 8.70. The van der Waals surface area contributed by atoms with Crippen molar-refractivity contribution in [1.82, 2.24) is 13.6 Å².